The van der Waals surface area contributed by atoms with Gasteiger partial charge in [0.15, 0.2) is 0 Å². The zero-order valence-electron chi connectivity index (χ0n) is 10.3. The fourth-order valence-electron chi connectivity index (χ4n) is 1.16. The third kappa shape index (κ3) is 4.41. The lowest BCUT2D eigenvalue weighted by Gasteiger charge is -2.10. The number of halogens is 3. The summed E-state index contributed by atoms with van der Waals surface area (Å²) >= 11 is 0. The Balaban J connectivity index is 3.07. The molecule has 0 saturated heterocycles. The molecule has 12 heteroatoms. The van der Waals surface area contributed by atoms with Crippen LogP contribution in [0.15, 0.2) is 29.2 Å². The molecular formula is C9H9F3N2O5S2. The van der Waals surface area contributed by atoms with E-state index in [0.29, 0.717) is 4.13 Å². The van der Waals surface area contributed by atoms with Gasteiger partial charge in [-0.15, -0.1) is 0 Å². The van der Waals surface area contributed by atoms with Crippen LogP contribution in [0.1, 0.15) is 6.92 Å². The van der Waals surface area contributed by atoms with Crippen LogP contribution in [0.4, 0.5) is 18.9 Å². The molecule has 0 aliphatic heterocycles. The molecule has 1 amide bonds. The Labute approximate surface area is 118 Å². The minimum atomic E-state index is -6.04. The quantitative estimate of drug-likeness (QED) is 0.837. The van der Waals surface area contributed by atoms with Crippen molar-refractivity contribution in [2.24, 2.45) is 0 Å². The van der Waals surface area contributed by atoms with Crippen LogP contribution in [0.5, 0.6) is 0 Å². The summed E-state index contributed by atoms with van der Waals surface area (Å²) in [5, 5.41) is 2.30. The number of nitrogens with one attached hydrogen (secondary N) is 2. The summed E-state index contributed by atoms with van der Waals surface area (Å²) in [6.07, 6.45) is 0. The molecule has 0 aliphatic carbocycles. The molecule has 0 aromatic heterocycles. The van der Waals surface area contributed by atoms with Gasteiger partial charge in [-0.25, -0.2) is 16.8 Å². The van der Waals surface area contributed by atoms with Crippen LogP contribution >= 0.6 is 0 Å². The van der Waals surface area contributed by atoms with Crippen LogP contribution in [0.3, 0.4) is 0 Å². The van der Waals surface area contributed by atoms with E-state index in [1.54, 1.807) is 0 Å². The lowest BCUT2D eigenvalue weighted by Crippen LogP contribution is -2.40. The van der Waals surface area contributed by atoms with Crippen molar-refractivity contribution >= 4 is 31.6 Å². The van der Waals surface area contributed by atoms with Crippen LogP contribution in [0, 0.1) is 0 Å². The first-order valence-electron chi connectivity index (χ1n) is 5.08. The Morgan fingerprint density at radius 2 is 1.52 bits per heavy atom. The van der Waals surface area contributed by atoms with E-state index >= 15 is 0 Å². The van der Waals surface area contributed by atoms with Crippen molar-refractivity contribution in [3.05, 3.63) is 24.3 Å². The molecule has 0 radical (unpaired) electrons. The molecule has 0 spiro atoms. The molecule has 1 aromatic carbocycles. The van der Waals surface area contributed by atoms with Gasteiger partial charge >= 0.3 is 15.5 Å². The summed E-state index contributed by atoms with van der Waals surface area (Å²) < 4.78 is 81.6. The monoisotopic (exact) mass is 346 g/mol. The lowest BCUT2D eigenvalue weighted by atomic mass is 10.3. The van der Waals surface area contributed by atoms with Gasteiger partial charge in [0.25, 0.3) is 10.0 Å². The molecule has 118 valence electrons. The van der Waals surface area contributed by atoms with Crippen LogP contribution in [-0.2, 0) is 24.8 Å². The number of rotatable bonds is 4. The summed E-state index contributed by atoms with van der Waals surface area (Å²) in [7, 11) is -11.0. The van der Waals surface area contributed by atoms with Crippen molar-refractivity contribution in [2.45, 2.75) is 17.3 Å². The Morgan fingerprint density at radius 1 is 1.05 bits per heavy atom. The number of hydrogen-bond acceptors (Lipinski definition) is 5. The highest BCUT2D eigenvalue weighted by atomic mass is 32.3. The predicted octanol–water partition coefficient (Wildman–Crippen LogP) is 0.773. The van der Waals surface area contributed by atoms with Gasteiger partial charge in [-0.1, -0.05) is 4.13 Å². The first kappa shape index (κ1) is 17.4. The number of carbonyl (C=O) groups is 1. The molecule has 0 atom stereocenters. The van der Waals surface area contributed by atoms with Crippen LogP contribution in [0.25, 0.3) is 0 Å². The van der Waals surface area contributed by atoms with Gasteiger partial charge in [0.05, 0.1) is 4.90 Å². The zero-order chi connectivity index (χ0) is 16.5. The van der Waals surface area contributed by atoms with Gasteiger partial charge in [-0.3, -0.25) is 4.79 Å². The van der Waals surface area contributed by atoms with E-state index in [-0.39, 0.29) is 5.69 Å². The molecule has 1 rings (SSSR count). The van der Waals surface area contributed by atoms with Crippen LogP contribution in [0.2, 0.25) is 0 Å². The number of sulfonamides is 2. The molecule has 7 nitrogen and oxygen atoms in total. The maximum Gasteiger partial charge on any atom is 0.512 e. The molecule has 0 aliphatic rings. The molecule has 1 aromatic rings. The summed E-state index contributed by atoms with van der Waals surface area (Å²) in [6.45, 7) is 1.20. The highest BCUT2D eigenvalue weighted by Crippen LogP contribution is 2.24. The third-order valence-corrected chi connectivity index (χ3v) is 5.27. The number of anilines is 1. The van der Waals surface area contributed by atoms with E-state index < -0.39 is 36.4 Å². The summed E-state index contributed by atoms with van der Waals surface area (Å²) in [5.41, 5.74) is -5.56. The van der Waals surface area contributed by atoms with Crippen molar-refractivity contribution in [1.29, 1.82) is 0 Å². The molecule has 0 saturated carbocycles. The SMILES string of the molecule is CC(=O)Nc1ccc(S(=O)(=O)NS(=O)(=O)C(F)(F)F)cc1. The van der Waals surface area contributed by atoms with E-state index in [4.69, 9.17) is 0 Å². The topological polar surface area (TPSA) is 109 Å². The van der Waals surface area contributed by atoms with Gasteiger partial charge in [0.2, 0.25) is 5.91 Å². The Kier molecular flexibility index (Phi) is 4.65. The fourth-order valence-corrected chi connectivity index (χ4v) is 3.57. The Morgan fingerprint density at radius 3 is 1.90 bits per heavy atom. The number of alkyl halides is 3. The number of amides is 1. The highest BCUT2D eigenvalue weighted by molar-refractivity contribution is 8.05. The smallest absolute Gasteiger partial charge is 0.326 e. The highest BCUT2D eigenvalue weighted by Gasteiger charge is 2.48. The van der Waals surface area contributed by atoms with Crippen molar-refractivity contribution < 1.29 is 34.8 Å². The molecule has 0 heterocycles. The van der Waals surface area contributed by atoms with E-state index in [9.17, 15) is 34.8 Å². The minimum Gasteiger partial charge on any atom is -0.326 e. The first-order chi connectivity index (χ1) is 9.35. The van der Waals surface area contributed by atoms with E-state index in [0.717, 1.165) is 24.3 Å². The summed E-state index contributed by atoms with van der Waals surface area (Å²) in [4.78, 5) is 10.0. The number of carbonyl (C=O) groups excluding carboxylic acids is 1. The second kappa shape index (κ2) is 5.61. The van der Waals surface area contributed by atoms with Gasteiger partial charge in [0, 0.05) is 12.6 Å². The van der Waals surface area contributed by atoms with Gasteiger partial charge in [-0.05, 0) is 24.3 Å². The third-order valence-electron chi connectivity index (χ3n) is 2.01. The predicted molar refractivity (Wildman–Crippen MR) is 66.0 cm³/mol. The molecule has 21 heavy (non-hydrogen) atoms. The minimum absolute atomic E-state index is 0.195. The molecule has 0 fully saturated rings. The second-order valence-electron chi connectivity index (χ2n) is 3.74. The van der Waals surface area contributed by atoms with Crippen molar-refractivity contribution in [3.8, 4) is 0 Å². The molecule has 0 unspecified atom stereocenters. The molecular weight excluding hydrogens is 337 g/mol. The normalized spacial score (nSPS) is 13.0. The summed E-state index contributed by atoms with van der Waals surface area (Å²) in [5.74, 6) is -0.441. The van der Waals surface area contributed by atoms with Gasteiger partial charge in [0.1, 0.15) is 0 Å². The van der Waals surface area contributed by atoms with Gasteiger partial charge < -0.3 is 5.32 Å². The molecule has 0 bridgehead atoms. The Bertz CT molecular complexity index is 739. The molecule has 2 N–H and O–H groups in total. The number of benzene rings is 1. The van der Waals surface area contributed by atoms with Crippen LogP contribution < -0.4 is 9.44 Å². The van der Waals surface area contributed by atoms with Crippen LogP contribution in [-0.4, -0.2) is 28.3 Å². The lowest BCUT2D eigenvalue weighted by molar-refractivity contribution is -0.114. The standard InChI is InChI=1S/C9H9F3N2O5S2/c1-6(15)13-7-2-4-8(5-3-7)20(16,17)14-21(18,19)9(10,11)12/h2-5,14H,1H3,(H,13,15). The summed E-state index contributed by atoms with van der Waals surface area (Å²) in [6, 6.07) is 3.88. The van der Waals surface area contributed by atoms with Crippen molar-refractivity contribution in [1.82, 2.24) is 4.13 Å². The largest absolute Gasteiger partial charge is 0.512 e. The van der Waals surface area contributed by atoms with Crippen molar-refractivity contribution in [2.75, 3.05) is 5.32 Å². The van der Waals surface area contributed by atoms with E-state index in [1.165, 1.54) is 6.92 Å². The van der Waals surface area contributed by atoms with E-state index in [2.05, 4.69) is 5.32 Å². The maximum atomic E-state index is 12.1. The maximum absolute atomic E-state index is 12.1. The van der Waals surface area contributed by atoms with E-state index in [1.807, 2.05) is 0 Å². The fraction of sp³-hybridized carbons (Fsp3) is 0.222. The number of hydrogen-bond donors (Lipinski definition) is 2. The average Bonchev–Trinajstić information content (AvgIpc) is 2.25. The zero-order valence-corrected chi connectivity index (χ0v) is 11.9. The van der Waals surface area contributed by atoms with Gasteiger partial charge in [-0.2, -0.15) is 13.2 Å². The average molecular weight is 346 g/mol. The van der Waals surface area contributed by atoms with Crippen molar-refractivity contribution in [3.63, 3.8) is 0 Å². The Hall–Kier alpha value is -1.66. The second-order valence-corrected chi connectivity index (χ2v) is 7.36. The first-order valence-corrected chi connectivity index (χ1v) is 8.04.